The summed E-state index contributed by atoms with van der Waals surface area (Å²) in [6.45, 7) is 1.46. The molecule has 7 heteroatoms. The summed E-state index contributed by atoms with van der Waals surface area (Å²) >= 11 is 6.22. The zero-order valence-electron chi connectivity index (χ0n) is 9.51. The smallest absolute Gasteiger partial charge is 0.241 e. The molecule has 3 N–H and O–H groups in total. The van der Waals surface area contributed by atoms with Gasteiger partial charge < -0.3 is 5.73 Å². The van der Waals surface area contributed by atoms with Crippen molar-refractivity contribution in [1.29, 1.82) is 0 Å². The van der Waals surface area contributed by atoms with E-state index in [1.165, 1.54) is 18.7 Å². The van der Waals surface area contributed by atoms with Crippen molar-refractivity contribution in [1.82, 2.24) is 0 Å². The lowest BCUT2D eigenvalue weighted by Gasteiger charge is -2.13. The molecule has 1 aromatic carbocycles. The summed E-state index contributed by atoms with van der Waals surface area (Å²) in [6.07, 6.45) is 1.92. The molecule has 0 radical (unpaired) electrons. The van der Waals surface area contributed by atoms with Crippen LogP contribution in [0.25, 0.3) is 0 Å². The summed E-state index contributed by atoms with van der Waals surface area (Å²) in [5.74, 6) is 0. The van der Waals surface area contributed by atoms with Crippen LogP contribution in [0.4, 0.5) is 5.69 Å². The van der Waals surface area contributed by atoms with Gasteiger partial charge in [0, 0.05) is 10.6 Å². The van der Waals surface area contributed by atoms with Crippen LogP contribution >= 0.6 is 24.0 Å². The fourth-order valence-electron chi connectivity index (χ4n) is 1.09. The molecule has 0 aliphatic carbocycles. The van der Waals surface area contributed by atoms with Gasteiger partial charge >= 0.3 is 0 Å². The van der Waals surface area contributed by atoms with E-state index < -0.39 is 15.3 Å². The molecule has 1 unspecified atom stereocenters. The van der Waals surface area contributed by atoms with Crippen molar-refractivity contribution < 1.29 is 8.42 Å². The van der Waals surface area contributed by atoms with Gasteiger partial charge in [0.2, 0.25) is 10.0 Å². The Morgan fingerprint density at radius 1 is 1.53 bits per heavy atom. The van der Waals surface area contributed by atoms with E-state index >= 15 is 0 Å². The molecule has 0 bridgehead atoms. The third kappa shape index (κ3) is 3.86. The number of rotatable bonds is 5. The molecule has 0 aliphatic rings. The summed E-state index contributed by atoms with van der Waals surface area (Å²) in [7, 11) is -3.56. The maximum Gasteiger partial charge on any atom is 0.241 e. The zero-order chi connectivity index (χ0) is 13.1. The highest BCUT2D eigenvalue weighted by molar-refractivity contribution is 7.98. The van der Waals surface area contributed by atoms with Gasteiger partial charge in [-0.2, -0.15) is 0 Å². The third-order valence-electron chi connectivity index (χ3n) is 2.20. The van der Waals surface area contributed by atoms with Gasteiger partial charge in [0.15, 0.2) is 0 Å². The lowest BCUT2D eigenvalue weighted by atomic mass is 10.3. The topological polar surface area (TPSA) is 72.2 Å². The summed E-state index contributed by atoms with van der Waals surface area (Å²) in [5.41, 5.74) is 5.85. The molecule has 0 saturated heterocycles. The van der Waals surface area contributed by atoms with Crippen molar-refractivity contribution in [2.24, 2.45) is 5.73 Å². The van der Waals surface area contributed by atoms with Gasteiger partial charge in [-0.3, -0.25) is 4.72 Å². The van der Waals surface area contributed by atoms with Crippen molar-refractivity contribution in [2.75, 3.05) is 11.0 Å². The Morgan fingerprint density at radius 3 is 2.71 bits per heavy atom. The van der Waals surface area contributed by atoms with Crippen LogP contribution in [0, 0.1) is 0 Å². The van der Waals surface area contributed by atoms with Gasteiger partial charge in [-0.25, -0.2) is 8.42 Å². The molecule has 0 aromatic heterocycles. The summed E-state index contributed by atoms with van der Waals surface area (Å²) in [4.78, 5) is 0.937. The second-order valence-corrected chi connectivity index (χ2v) is 6.78. The zero-order valence-corrected chi connectivity index (χ0v) is 12.0. The lowest BCUT2D eigenvalue weighted by Crippen LogP contribution is -2.35. The predicted molar refractivity (Wildman–Crippen MR) is 77.0 cm³/mol. The SMILES string of the molecule is CSc1cccc(NS(=O)(=O)C(C)C(N)=S)c1. The highest BCUT2D eigenvalue weighted by Crippen LogP contribution is 2.20. The van der Waals surface area contributed by atoms with Crippen molar-refractivity contribution in [2.45, 2.75) is 17.1 Å². The average molecular weight is 290 g/mol. The first-order valence-electron chi connectivity index (χ1n) is 4.82. The summed E-state index contributed by atoms with van der Waals surface area (Å²) in [6, 6.07) is 7.13. The lowest BCUT2D eigenvalue weighted by molar-refractivity contribution is 0.598. The fraction of sp³-hybridized carbons (Fsp3) is 0.300. The number of sulfonamides is 1. The van der Waals surface area contributed by atoms with Crippen LogP contribution in [-0.2, 0) is 10.0 Å². The molecule has 0 amide bonds. The molecule has 0 heterocycles. The Morgan fingerprint density at radius 2 is 2.18 bits per heavy atom. The van der Waals surface area contributed by atoms with Crippen molar-refractivity contribution in [3.8, 4) is 0 Å². The minimum absolute atomic E-state index is 0.0430. The molecule has 0 saturated carbocycles. The Balaban J connectivity index is 2.94. The first-order valence-corrected chi connectivity index (χ1v) is 8.00. The molecule has 17 heavy (non-hydrogen) atoms. The van der Waals surface area contributed by atoms with Crippen LogP contribution in [0.1, 0.15) is 6.92 Å². The Kier molecular flexibility index (Phi) is 4.79. The number of thiocarbonyl (C=S) groups is 1. The monoisotopic (exact) mass is 290 g/mol. The Bertz CT molecular complexity index is 514. The van der Waals surface area contributed by atoms with Gasteiger partial charge in [-0.15, -0.1) is 11.8 Å². The first-order chi connectivity index (χ1) is 7.86. The van der Waals surface area contributed by atoms with E-state index in [1.807, 2.05) is 12.3 Å². The number of nitrogens with one attached hydrogen (secondary N) is 1. The van der Waals surface area contributed by atoms with Crippen LogP contribution < -0.4 is 10.5 Å². The number of hydrogen-bond acceptors (Lipinski definition) is 4. The number of benzene rings is 1. The fourth-order valence-corrected chi connectivity index (χ4v) is 2.87. The van der Waals surface area contributed by atoms with Crippen molar-refractivity contribution in [3.63, 3.8) is 0 Å². The minimum atomic E-state index is -3.56. The van der Waals surface area contributed by atoms with Gasteiger partial charge in [-0.05, 0) is 31.4 Å². The van der Waals surface area contributed by atoms with Crippen LogP contribution in [0.2, 0.25) is 0 Å². The second kappa shape index (κ2) is 5.70. The van der Waals surface area contributed by atoms with E-state index in [9.17, 15) is 8.42 Å². The number of thioether (sulfide) groups is 1. The largest absolute Gasteiger partial charge is 0.392 e. The molecule has 1 aromatic rings. The molecule has 0 spiro atoms. The van der Waals surface area contributed by atoms with Crippen LogP contribution in [0.15, 0.2) is 29.2 Å². The van der Waals surface area contributed by atoms with Crippen LogP contribution in [0.3, 0.4) is 0 Å². The summed E-state index contributed by atoms with van der Waals surface area (Å²) < 4.78 is 26.2. The van der Waals surface area contributed by atoms with E-state index in [0.29, 0.717) is 5.69 Å². The highest BCUT2D eigenvalue weighted by Gasteiger charge is 2.23. The quantitative estimate of drug-likeness (QED) is 0.639. The second-order valence-electron chi connectivity index (χ2n) is 3.42. The van der Waals surface area contributed by atoms with Gasteiger partial charge in [0.05, 0.1) is 4.99 Å². The molecule has 1 atom stereocenters. The minimum Gasteiger partial charge on any atom is -0.392 e. The molecular weight excluding hydrogens is 276 g/mol. The normalized spacial score (nSPS) is 13.1. The average Bonchev–Trinajstić information content (AvgIpc) is 2.27. The molecule has 0 fully saturated rings. The summed E-state index contributed by atoms with van der Waals surface area (Å²) in [5, 5.41) is -0.893. The van der Waals surface area contributed by atoms with Crippen molar-refractivity contribution in [3.05, 3.63) is 24.3 Å². The van der Waals surface area contributed by atoms with E-state index in [-0.39, 0.29) is 4.99 Å². The molecule has 0 aliphatic heterocycles. The molecule has 4 nitrogen and oxygen atoms in total. The Hall–Kier alpha value is -0.790. The third-order valence-corrected chi connectivity index (χ3v) is 5.13. The van der Waals surface area contributed by atoms with E-state index in [1.54, 1.807) is 18.2 Å². The number of nitrogens with two attached hydrogens (primary N) is 1. The Labute approximate surface area is 111 Å². The predicted octanol–water partition coefficient (Wildman–Crippen LogP) is 1.82. The standard InChI is InChI=1S/C10H14N2O2S3/c1-7(10(11)15)17(13,14)12-8-4-3-5-9(6-8)16-2/h3-7,12H,1-2H3,(H2,11,15). The van der Waals surface area contributed by atoms with Gasteiger partial charge in [0.25, 0.3) is 0 Å². The maximum absolute atomic E-state index is 11.9. The van der Waals surface area contributed by atoms with Crippen LogP contribution in [-0.4, -0.2) is 24.9 Å². The van der Waals surface area contributed by atoms with Gasteiger partial charge in [-0.1, -0.05) is 18.3 Å². The van der Waals surface area contributed by atoms with Crippen molar-refractivity contribution >= 4 is 44.7 Å². The molecular formula is C10H14N2O2S3. The first kappa shape index (κ1) is 14.3. The maximum atomic E-state index is 11.9. The van der Waals surface area contributed by atoms with E-state index in [4.69, 9.17) is 5.73 Å². The molecule has 94 valence electrons. The van der Waals surface area contributed by atoms with Gasteiger partial charge in [0.1, 0.15) is 5.25 Å². The van der Waals surface area contributed by atoms with E-state index in [2.05, 4.69) is 16.9 Å². The highest BCUT2D eigenvalue weighted by atomic mass is 32.2. The molecule has 1 rings (SSSR count). The number of anilines is 1. The van der Waals surface area contributed by atoms with Crippen LogP contribution in [0.5, 0.6) is 0 Å². The van der Waals surface area contributed by atoms with E-state index in [0.717, 1.165) is 4.90 Å². The number of hydrogen-bond donors (Lipinski definition) is 2.